The van der Waals surface area contributed by atoms with E-state index >= 15 is 0 Å². The number of carboxylic acid groups (broad SMARTS) is 1. The molecule has 0 fully saturated rings. The van der Waals surface area contributed by atoms with Crippen LogP contribution in [0, 0.1) is 0 Å². The first-order chi connectivity index (χ1) is 30.3. The number of likely N-dealkylation sites (N-methyl/N-ethyl adjacent to an activating group) is 2. The first-order valence-corrected chi connectivity index (χ1v) is 23.3. The molecule has 3 N–H and O–H groups in total. The van der Waals surface area contributed by atoms with E-state index in [-0.39, 0.29) is 39.5 Å². The van der Waals surface area contributed by atoms with E-state index < -0.39 is 38.5 Å². The molecular formula is C44H51ClN8O10S2. The van der Waals surface area contributed by atoms with Crippen molar-refractivity contribution in [2.24, 2.45) is 10.3 Å². The van der Waals surface area contributed by atoms with Crippen LogP contribution < -0.4 is 10.6 Å². The van der Waals surface area contributed by atoms with E-state index in [0.29, 0.717) is 36.5 Å². The van der Waals surface area contributed by atoms with Crippen molar-refractivity contribution >= 4 is 73.0 Å². The Hall–Kier alpha value is -5.74. The maximum absolute atomic E-state index is 12.6. The maximum Gasteiger partial charge on any atom is 0.344 e. The molecule has 21 heteroatoms. The van der Waals surface area contributed by atoms with Crippen LogP contribution in [0.25, 0.3) is 22.3 Å². The second-order valence-electron chi connectivity index (χ2n) is 16.1. The number of fused-ring (bicyclic) bond motifs is 6. The van der Waals surface area contributed by atoms with Crippen LogP contribution in [0.4, 0.5) is 11.4 Å². The fraction of sp³-hybridized carbons (Fsp3) is 0.341. The van der Waals surface area contributed by atoms with Gasteiger partial charge < -0.3 is 35.2 Å². The number of sulfonamides is 2. The fourth-order valence-corrected chi connectivity index (χ4v) is 9.85. The lowest BCUT2D eigenvalue weighted by molar-refractivity contribution is -0.142. The maximum atomic E-state index is 12.6. The summed E-state index contributed by atoms with van der Waals surface area (Å²) in [5.74, 6) is -1.93. The molecule has 0 atom stereocenters. The van der Waals surface area contributed by atoms with E-state index in [4.69, 9.17) is 14.8 Å². The van der Waals surface area contributed by atoms with Crippen molar-refractivity contribution in [2.75, 3.05) is 79.2 Å². The Morgan fingerprint density at radius 2 is 1.05 bits per heavy atom. The van der Waals surface area contributed by atoms with Crippen LogP contribution in [-0.4, -0.2) is 138 Å². The number of nitrogens with zero attached hydrogens (tertiary/aromatic N) is 6. The van der Waals surface area contributed by atoms with Crippen molar-refractivity contribution in [1.82, 2.24) is 18.4 Å². The third-order valence-corrected chi connectivity index (χ3v) is 15.0. The molecule has 0 radical (unpaired) electrons. The third kappa shape index (κ3) is 9.65. The highest BCUT2D eigenvalue weighted by Crippen LogP contribution is 2.42. The average Bonchev–Trinajstić information content (AvgIpc) is 3.76. The fourth-order valence-electron chi connectivity index (χ4n) is 8.04. The molecule has 4 aromatic carbocycles. The summed E-state index contributed by atoms with van der Waals surface area (Å²) in [6.45, 7) is 4.59. The molecule has 0 aliphatic carbocycles. The molecule has 18 nitrogen and oxygen atoms in total. The lowest BCUT2D eigenvalue weighted by Gasteiger charge is -2.29. The molecule has 0 aromatic heterocycles. The van der Waals surface area contributed by atoms with E-state index in [9.17, 15) is 31.2 Å². The van der Waals surface area contributed by atoms with Gasteiger partial charge in [-0.15, -0.1) is 12.4 Å². The lowest BCUT2D eigenvalue weighted by Crippen LogP contribution is -2.27. The normalized spacial score (nSPS) is 17.1. The quantitative estimate of drug-likeness (QED) is 0.181. The van der Waals surface area contributed by atoms with Crippen LogP contribution in [0.15, 0.2) is 80.8 Å². The number of anilines is 2. The summed E-state index contributed by atoms with van der Waals surface area (Å²) in [6, 6.07) is 17.3. The number of benzene rings is 4. The number of hydrogen-bond acceptors (Lipinski definition) is 13. The number of amides is 2. The van der Waals surface area contributed by atoms with Gasteiger partial charge in [0, 0.05) is 65.5 Å². The lowest BCUT2D eigenvalue weighted by atomic mass is 9.87. The minimum atomic E-state index is -3.55. The second kappa shape index (κ2) is 19.4. The number of halogens is 1. The van der Waals surface area contributed by atoms with Gasteiger partial charge in [0.25, 0.3) is 11.8 Å². The highest BCUT2D eigenvalue weighted by Gasteiger charge is 2.35. The molecule has 346 valence electrons. The van der Waals surface area contributed by atoms with Gasteiger partial charge in [-0.1, -0.05) is 34.6 Å². The number of carbonyl (C=O) groups is 3. The molecule has 0 spiro atoms. The van der Waals surface area contributed by atoms with E-state index in [2.05, 4.69) is 37.8 Å². The first-order valence-electron chi connectivity index (χ1n) is 20.4. The van der Waals surface area contributed by atoms with Crippen LogP contribution in [0.1, 0.15) is 40.3 Å². The molecule has 2 amide bonds. The summed E-state index contributed by atoms with van der Waals surface area (Å²) in [4.78, 5) is 50.7. The number of nitrogens with one attached hydrogen (secondary N) is 2. The molecule has 0 bridgehead atoms. The number of oxime groups is 2. The van der Waals surface area contributed by atoms with Crippen LogP contribution in [0.5, 0.6) is 0 Å². The number of aliphatic carboxylic acids is 1. The smallest absolute Gasteiger partial charge is 0.344 e. The predicted molar refractivity (Wildman–Crippen MR) is 248 cm³/mol. The zero-order valence-electron chi connectivity index (χ0n) is 37.0. The topological polar surface area (TPSA) is 220 Å². The summed E-state index contributed by atoms with van der Waals surface area (Å²) in [5.41, 5.74) is 10.8. The number of rotatable bonds is 11. The molecule has 0 unspecified atom stereocenters. The summed E-state index contributed by atoms with van der Waals surface area (Å²) in [5, 5.41) is 22.4. The molecule has 4 aliphatic rings. The van der Waals surface area contributed by atoms with Gasteiger partial charge in [0.05, 0.1) is 21.2 Å². The van der Waals surface area contributed by atoms with Gasteiger partial charge in [0.15, 0.2) is 11.4 Å². The summed E-state index contributed by atoms with van der Waals surface area (Å²) in [6.07, 6.45) is 1.59. The molecule has 0 saturated carbocycles. The van der Waals surface area contributed by atoms with Gasteiger partial charge in [0.1, 0.15) is 6.61 Å². The Labute approximate surface area is 384 Å². The van der Waals surface area contributed by atoms with E-state index in [0.717, 1.165) is 80.4 Å². The van der Waals surface area contributed by atoms with Crippen molar-refractivity contribution in [2.45, 2.75) is 42.6 Å². The molecule has 4 aliphatic heterocycles. The molecular weight excluding hydrogens is 900 g/mol. The zero-order valence-corrected chi connectivity index (χ0v) is 39.4. The molecule has 65 heavy (non-hydrogen) atoms. The summed E-state index contributed by atoms with van der Waals surface area (Å²) in [7, 11) is 2.97. The van der Waals surface area contributed by atoms with Crippen molar-refractivity contribution in [3.8, 4) is 22.3 Å². The minimum absolute atomic E-state index is 0. The van der Waals surface area contributed by atoms with Gasteiger partial charge in [-0.2, -0.15) is 0 Å². The van der Waals surface area contributed by atoms with Crippen LogP contribution in [0.2, 0.25) is 0 Å². The van der Waals surface area contributed by atoms with Crippen LogP contribution in [-0.2, 0) is 70.0 Å². The Balaban J connectivity index is 0.000000212. The SMILES string of the molecule is CCO/N=C1\C(=O)Nc2c1cc(-c1ccc(S(=O)(=O)N(C)C)cc1)c1c2CN(C)CC1.CN1CCc2c(-c3ccc(S(=O)(=O)N(C)C)cc3)cc3c(c2C1)NC(=O)/C3=N\OCC(=O)O.Cl. The van der Waals surface area contributed by atoms with E-state index in [1.54, 1.807) is 36.4 Å². The van der Waals surface area contributed by atoms with E-state index in [1.165, 1.54) is 32.5 Å². The Morgan fingerprint density at radius 3 is 1.40 bits per heavy atom. The molecule has 4 heterocycles. The molecule has 4 aromatic rings. The van der Waals surface area contributed by atoms with Crippen molar-refractivity contribution in [1.29, 1.82) is 0 Å². The summed E-state index contributed by atoms with van der Waals surface area (Å²) >= 11 is 0. The van der Waals surface area contributed by atoms with Gasteiger partial charge >= 0.3 is 5.97 Å². The standard InChI is InChI=1S/C22H24N4O6S.C22H26N4O4S.ClH/c1-25(2)33(30,31)14-6-4-13(5-7-14)16-10-17-20(18-11-26(3)9-8-15(16)18)23-22(29)21(17)24-32-12-19(27)28;1-5-30-24-21-18-12-17(14-6-8-15(9-7-14)31(28,29)25(2)3)16-10-11-26(4)13-19(16)20(18)23-22(21)27;/h4-7,10H,8-9,11-12H2,1-3H3,(H,27,28)(H,23,24,29);6-9,12H,5,10-11,13H2,1-4H3,(H,23,24,27);1H. The van der Waals surface area contributed by atoms with Gasteiger partial charge in [-0.05, 0) is 115 Å². The Bertz CT molecular complexity index is 2830. The van der Waals surface area contributed by atoms with Gasteiger partial charge in [-0.25, -0.2) is 30.2 Å². The first kappa shape index (κ1) is 48.7. The highest BCUT2D eigenvalue weighted by atomic mass is 35.5. The number of carbonyl (C=O) groups excluding carboxylic acids is 2. The number of hydrogen-bond donors (Lipinski definition) is 3. The third-order valence-electron chi connectivity index (χ3n) is 11.4. The van der Waals surface area contributed by atoms with E-state index in [1.807, 2.05) is 38.2 Å². The Kier molecular flexibility index (Phi) is 14.5. The summed E-state index contributed by atoms with van der Waals surface area (Å²) < 4.78 is 52.1. The number of carboxylic acids is 1. The van der Waals surface area contributed by atoms with Crippen molar-refractivity contribution < 1.29 is 46.0 Å². The minimum Gasteiger partial charge on any atom is -0.479 e. The molecule has 8 rings (SSSR count). The highest BCUT2D eigenvalue weighted by molar-refractivity contribution is 7.89. The second-order valence-corrected chi connectivity index (χ2v) is 20.4. The van der Waals surface area contributed by atoms with Crippen LogP contribution in [0.3, 0.4) is 0 Å². The van der Waals surface area contributed by atoms with Gasteiger partial charge in [-0.3, -0.25) is 9.59 Å². The zero-order chi connectivity index (χ0) is 46.2. The Morgan fingerprint density at radius 1 is 0.662 bits per heavy atom. The largest absolute Gasteiger partial charge is 0.479 e. The van der Waals surface area contributed by atoms with Crippen molar-refractivity contribution in [3.05, 3.63) is 94.0 Å². The monoisotopic (exact) mass is 950 g/mol. The predicted octanol–water partition coefficient (Wildman–Crippen LogP) is 4.06. The average molecular weight is 952 g/mol. The van der Waals surface area contributed by atoms with Crippen LogP contribution >= 0.6 is 12.4 Å². The van der Waals surface area contributed by atoms with Crippen molar-refractivity contribution in [3.63, 3.8) is 0 Å². The van der Waals surface area contributed by atoms with Gasteiger partial charge in [0.2, 0.25) is 26.7 Å². The molecule has 0 saturated heterocycles.